The molecule has 1 spiro atoms. The summed E-state index contributed by atoms with van der Waals surface area (Å²) in [5.74, 6) is 12.8. The van der Waals surface area contributed by atoms with Gasteiger partial charge >= 0.3 is 0 Å². The van der Waals surface area contributed by atoms with E-state index in [-0.39, 0.29) is 6.29 Å². The maximum absolute atomic E-state index is 5.76. The number of anilines is 1. The van der Waals surface area contributed by atoms with Gasteiger partial charge in [0.1, 0.15) is 0 Å². The van der Waals surface area contributed by atoms with Crippen molar-refractivity contribution in [3.8, 4) is 11.8 Å². The number of nitrogens with zero attached hydrogens (tertiary/aromatic N) is 3. The molecule has 2 aliphatic carbocycles. The first kappa shape index (κ1) is 19.9. The predicted octanol–water partition coefficient (Wildman–Crippen LogP) is 2.73. The molecular formula is C23H30N4O2. The molecule has 1 heterocycles. The summed E-state index contributed by atoms with van der Waals surface area (Å²) in [6.07, 6.45) is 6.35. The van der Waals surface area contributed by atoms with Crippen LogP contribution in [0, 0.1) is 30.1 Å². The molecule has 29 heavy (non-hydrogen) atoms. The zero-order valence-electron chi connectivity index (χ0n) is 17.4. The van der Waals surface area contributed by atoms with Crippen molar-refractivity contribution in [3.05, 3.63) is 29.3 Å². The van der Waals surface area contributed by atoms with E-state index in [9.17, 15) is 0 Å². The molecule has 0 atom stereocenters. The van der Waals surface area contributed by atoms with Gasteiger partial charge in [-0.05, 0) is 50.3 Å². The summed E-state index contributed by atoms with van der Waals surface area (Å²) >= 11 is 0. The van der Waals surface area contributed by atoms with Crippen molar-refractivity contribution in [2.24, 2.45) is 27.3 Å². The summed E-state index contributed by atoms with van der Waals surface area (Å²) in [7, 11) is 2.03. The monoisotopic (exact) mass is 394 g/mol. The van der Waals surface area contributed by atoms with Crippen LogP contribution >= 0.6 is 0 Å². The van der Waals surface area contributed by atoms with Gasteiger partial charge in [0.05, 0.1) is 32.0 Å². The summed E-state index contributed by atoms with van der Waals surface area (Å²) in [6, 6.07) is 6.32. The van der Waals surface area contributed by atoms with E-state index in [1.807, 2.05) is 7.05 Å². The second kappa shape index (κ2) is 8.56. The van der Waals surface area contributed by atoms with E-state index in [2.05, 4.69) is 52.0 Å². The van der Waals surface area contributed by atoms with Crippen molar-refractivity contribution in [3.63, 3.8) is 0 Å². The summed E-state index contributed by atoms with van der Waals surface area (Å²) in [5, 5.41) is 3.91. The molecule has 0 unspecified atom stereocenters. The molecule has 1 aromatic carbocycles. The van der Waals surface area contributed by atoms with E-state index >= 15 is 0 Å². The lowest BCUT2D eigenvalue weighted by Gasteiger charge is -2.28. The van der Waals surface area contributed by atoms with Crippen LogP contribution in [0.25, 0.3) is 0 Å². The Hall–Kier alpha value is -2.36. The molecule has 1 aromatic rings. The molecule has 1 saturated heterocycles. The molecule has 0 bridgehead atoms. The van der Waals surface area contributed by atoms with Crippen molar-refractivity contribution in [1.29, 1.82) is 0 Å². The Kier molecular flexibility index (Phi) is 5.89. The summed E-state index contributed by atoms with van der Waals surface area (Å²) in [5.41, 5.74) is 4.37. The van der Waals surface area contributed by atoms with Gasteiger partial charge in [0, 0.05) is 35.8 Å². The molecule has 3 fully saturated rings. The minimum Gasteiger partial charge on any atom is -0.368 e. The highest BCUT2D eigenvalue weighted by Crippen LogP contribution is 2.48. The van der Waals surface area contributed by atoms with E-state index in [1.165, 1.54) is 31.2 Å². The number of rotatable bonds is 6. The van der Waals surface area contributed by atoms with Crippen LogP contribution in [0.5, 0.6) is 0 Å². The molecule has 3 aliphatic rings. The highest BCUT2D eigenvalue weighted by molar-refractivity contribution is 6.32. The average Bonchev–Trinajstić information content (AvgIpc) is 3.65. The molecule has 6 nitrogen and oxygen atoms in total. The second-order valence-electron chi connectivity index (χ2n) is 8.57. The third kappa shape index (κ3) is 5.37. The Bertz CT molecular complexity index is 849. The van der Waals surface area contributed by atoms with Crippen LogP contribution in [0.3, 0.4) is 0 Å². The third-order valence-corrected chi connectivity index (χ3v) is 5.79. The maximum atomic E-state index is 5.76. The number of ether oxygens (including phenoxy) is 2. The number of hydrazone groups is 1. The topological polar surface area (TPSA) is 72.4 Å². The van der Waals surface area contributed by atoms with Gasteiger partial charge in [0.2, 0.25) is 0 Å². The standard InChI is InChI=1S/C23H30N4O2/c1-17-3-4-19(8-7-18-5-6-18)11-21(17)27(2)14-20(26-24)12-25-13-22-28-15-23(9-10-23)16-29-22/h3-4,11-12,18,22H,5-6,9-10,13-16,24H2,1-2H3. The fourth-order valence-corrected chi connectivity index (χ4v) is 3.40. The Labute approximate surface area is 173 Å². The van der Waals surface area contributed by atoms with Gasteiger partial charge in [0.25, 0.3) is 0 Å². The van der Waals surface area contributed by atoms with Gasteiger partial charge in [-0.1, -0.05) is 17.9 Å². The van der Waals surface area contributed by atoms with Gasteiger partial charge < -0.3 is 20.2 Å². The van der Waals surface area contributed by atoms with E-state index in [4.69, 9.17) is 15.3 Å². The zero-order valence-corrected chi connectivity index (χ0v) is 17.4. The Morgan fingerprint density at radius 2 is 2.07 bits per heavy atom. The highest BCUT2D eigenvalue weighted by atomic mass is 16.7. The first-order valence-corrected chi connectivity index (χ1v) is 10.4. The highest BCUT2D eigenvalue weighted by Gasteiger charge is 2.46. The van der Waals surface area contributed by atoms with Crippen LogP contribution in [0.2, 0.25) is 0 Å². The van der Waals surface area contributed by atoms with Gasteiger partial charge in [-0.15, -0.1) is 0 Å². The smallest absolute Gasteiger partial charge is 0.176 e. The molecule has 0 amide bonds. The fraction of sp³-hybridized carbons (Fsp3) is 0.565. The van der Waals surface area contributed by atoms with E-state index in [0.717, 1.165) is 24.5 Å². The lowest BCUT2D eigenvalue weighted by molar-refractivity contribution is -0.201. The van der Waals surface area contributed by atoms with Crippen molar-refractivity contribution in [2.75, 3.05) is 38.3 Å². The Morgan fingerprint density at radius 3 is 2.72 bits per heavy atom. The Balaban J connectivity index is 1.32. The third-order valence-electron chi connectivity index (χ3n) is 5.79. The molecule has 0 radical (unpaired) electrons. The number of hydrogen-bond donors (Lipinski definition) is 1. The van der Waals surface area contributed by atoms with Crippen LogP contribution < -0.4 is 10.7 Å². The normalized spacial score (nSPS) is 21.2. The van der Waals surface area contributed by atoms with Gasteiger partial charge in [-0.3, -0.25) is 4.99 Å². The summed E-state index contributed by atoms with van der Waals surface area (Å²) in [6.45, 7) is 4.70. The van der Waals surface area contributed by atoms with Gasteiger partial charge in [0.15, 0.2) is 6.29 Å². The van der Waals surface area contributed by atoms with Gasteiger partial charge in [-0.2, -0.15) is 5.10 Å². The van der Waals surface area contributed by atoms with E-state index in [0.29, 0.717) is 30.1 Å². The van der Waals surface area contributed by atoms with Crippen molar-refractivity contribution in [1.82, 2.24) is 0 Å². The summed E-state index contributed by atoms with van der Waals surface area (Å²) in [4.78, 5) is 6.57. The molecule has 0 aromatic heterocycles. The Morgan fingerprint density at radius 1 is 1.31 bits per heavy atom. The molecular weight excluding hydrogens is 364 g/mol. The van der Waals surface area contributed by atoms with Crippen LogP contribution in [0.4, 0.5) is 5.69 Å². The number of nitrogens with two attached hydrogens (primary N) is 1. The lowest BCUT2D eigenvalue weighted by Crippen LogP contribution is -2.35. The molecule has 154 valence electrons. The van der Waals surface area contributed by atoms with Crippen LogP contribution in [-0.4, -0.2) is 51.6 Å². The number of benzene rings is 1. The first-order chi connectivity index (χ1) is 14.1. The largest absolute Gasteiger partial charge is 0.368 e. The summed E-state index contributed by atoms with van der Waals surface area (Å²) < 4.78 is 11.5. The number of hydrogen-bond acceptors (Lipinski definition) is 6. The second-order valence-corrected chi connectivity index (χ2v) is 8.57. The number of aliphatic imine (C=N–C) groups is 1. The van der Waals surface area contributed by atoms with Crippen LogP contribution in [0.1, 0.15) is 36.8 Å². The minimum absolute atomic E-state index is 0.266. The lowest BCUT2D eigenvalue weighted by atomic mass is 10.1. The average molecular weight is 395 g/mol. The fourth-order valence-electron chi connectivity index (χ4n) is 3.40. The quantitative estimate of drug-likeness (QED) is 0.349. The molecule has 6 heteroatoms. The molecule has 1 aliphatic heterocycles. The van der Waals surface area contributed by atoms with Crippen molar-refractivity contribution in [2.45, 2.75) is 38.9 Å². The molecule has 2 saturated carbocycles. The maximum Gasteiger partial charge on any atom is 0.176 e. The van der Waals surface area contributed by atoms with Crippen molar-refractivity contribution >= 4 is 17.6 Å². The van der Waals surface area contributed by atoms with Gasteiger partial charge in [-0.25, -0.2) is 0 Å². The SMILES string of the molecule is Cc1ccc(C#CC2CC2)cc1N(C)CC(C=NCC1OCC2(CC2)CO1)=NN. The minimum atomic E-state index is -0.266. The van der Waals surface area contributed by atoms with Crippen LogP contribution in [-0.2, 0) is 9.47 Å². The predicted molar refractivity (Wildman–Crippen MR) is 116 cm³/mol. The van der Waals surface area contributed by atoms with Crippen molar-refractivity contribution < 1.29 is 9.47 Å². The molecule has 2 N–H and O–H groups in total. The first-order valence-electron chi connectivity index (χ1n) is 10.4. The number of aryl methyl sites for hydroxylation is 1. The van der Waals surface area contributed by atoms with E-state index in [1.54, 1.807) is 6.21 Å². The zero-order chi connectivity index (χ0) is 20.3. The van der Waals surface area contributed by atoms with E-state index < -0.39 is 0 Å². The van der Waals surface area contributed by atoms with Crippen LogP contribution in [0.15, 0.2) is 28.3 Å². The molecule has 4 rings (SSSR count).